The van der Waals surface area contributed by atoms with Crippen molar-refractivity contribution < 1.29 is 9.53 Å². The largest absolute Gasteiger partial charge is 0.462 e. The number of nitriles is 1. The van der Waals surface area contributed by atoms with Crippen LogP contribution in [-0.2, 0) is 9.53 Å². The van der Waals surface area contributed by atoms with Gasteiger partial charge in [0.25, 0.3) is 0 Å². The van der Waals surface area contributed by atoms with E-state index in [9.17, 15) is 10.1 Å². The molecule has 1 fully saturated rings. The van der Waals surface area contributed by atoms with Gasteiger partial charge < -0.3 is 9.64 Å². The van der Waals surface area contributed by atoms with Crippen molar-refractivity contribution in [1.29, 1.82) is 5.26 Å². The van der Waals surface area contributed by atoms with E-state index >= 15 is 0 Å². The highest BCUT2D eigenvalue weighted by Crippen LogP contribution is 2.36. The molecule has 0 amide bonds. The number of aryl methyl sites for hydroxylation is 2. The Hall–Kier alpha value is -2.38. The average Bonchev–Trinajstić information content (AvgIpc) is 3.22. The molecule has 1 saturated heterocycles. The molecular formula is C18H22N6O2S2. The van der Waals surface area contributed by atoms with Gasteiger partial charge in [-0.05, 0) is 25.4 Å². The monoisotopic (exact) mass is 418 g/mol. The van der Waals surface area contributed by atoms with Gasteiger partial charge in [0.1, 0.15) is 17.7 Å². The van der Waals surface area contributed by atoms with Crippen LogP contribution in [0.4, 0.5) is 15.1 Å². The minimum Gasteiger partial charge on any atom is -0.462 e. The lowest BCUT2D eigenvalue weighted by atomic mass is 10.1. The van der Waals surface area contributed by atoms with Gasteiger partial charge >= 0.3 is 5.97 Å². The van der Waals surface area contributed by atoms with Gasteiger partial charge in [-0.25, -0.2) is 4.98 Å². The van der Waals surface area contributed by atoms with Gasteiger partial charge in [0.05, 0.1) is 17.3 Å². The van der Waals surface area contributed by atoms with Crippen LogP contribution < -0.4 is 4.90 Å². The number of aromatic nitrogens is 2. The summed E-state index contributed by atoms with van der Waals surface area (Å²) in [5.41, 5.74) is 1.94. The predicted molar refractivity (Wildman–Crippen MR) is 109 cm³/mol. The first-order chi connectivity index (χ1) is 13.4. The van der Waals surface area contributed by atoms with Crippen LogP contribution in [0.2, 0.25) is 0 Å². The number of hydrogen-bond donors (Lipinski definition) is 0. The van der Waals surface area contributed by atoms with Crippen molar-refractivity contribution in [3.63, 3.8) is 0 Å². The molecule has 1 aliphatic heterocycles. The summed E-state index contributed by atoms with van der Waals surface area (Å²) in [5, 5.41) is 19.8. The second-order valence-corrected chi connectivity index (χ2v) is 8.63. The molecule has 0 saturated carbocycles. The molecule has 8 nitrogen and oxygen atoms in total. The third-order valence-corrected chi connectivity index (χ3v) is 6.34. The van der Waals surface area contributed by atoms with Crippen LogP contribution in [0.3, 0.4) is 0 Å². The van der Waals surface area contributed by atoms with Gasteiger partial charge in [0.15, 0.2) is 15.1 Å². The van der Waals surface area contributed by atoms with Gasteiger partial charge in [0, 0.05) is 25.9 Å². The second kappa shape index (κ2) is 8.75. The Balaban J connectivity index is 1.64. The molecule has 2 aromatic rings. The molecule has 0 atom stereocenters. The SMILES string of the molecule is Cc1nc(N2CCC(OC(=O)C(C)C)CC2)sc1/N=N/c1snc(C)c1C#N. The minimum absolute atomic E-state index is 0.0228. The summed E-state index contributed by atoms with van der Waals surface area (Å²) in [7, 11) is 0. The van der Waals surface area contributed by atoms with Crippen molar-refractivity contribution in [3.8, 4) is 6.07 Å². The molecule has 0 radical (unpaired) electrons. The van der Waals surface area contributed by atoms with Crippen LogP contribution in [0.15, 0.2) is 10.2 Å². The summed E-state index contributed by atoms with van der Waals surface area (Å²) in [6.07, 6.45) is 1.56. The van der Waals surface area contributed by atoms with E-state index < -0.39 is 0 Å². The number of anilines is 1. The van der Waals surface area contributed by atoms with Gasteiger partial charge in [0.2, 0.25) is 0 Å². The highest BCUT2D eigenvalue weighted by Gasteiger charge is 2.25. The molecule has 0 aliphatic carbocycles. The smallest absolute Gasteiger partial charge is 0.308 e. The fourth-order valence-corrected chi connectivity index (χ4v) is 4.33. The topological polar surface area (TPSA) is 104 Å². The lowest BCUT2D eigenvalue weighted by Crippen LogP contribution is -2.38. The summed E-state index contributed by atoms with van der Waals surface area (Å²) in [5.74, 6) is -0.238. The number of piperidine rings is 1. The van der Waals surface area contributed by atoms with Crippen molar-refractivity contribution in [2.75, 3.05) is 18.0 Å². The maximum Gasteiger partial charge on any atom is 0.308 e. The zero-order valence-electron chi connectivity index (χ0n) is 16.3. The fraction of sp³-hybridized carbons (Fsp3) is 0.556. The summed E-state index contributed by atoms with van der Waals surface area (Å²) in [6.45, 7) is 8.94. The van der Waals surface area contributed by atoms with Crippen molar-refractivity contribution in [2.45, 2.75) is 46.6 Å². The molecule has 3 rings (SSSR count). The van der Waals surface area contributed by atoms with E-state index in [1.807, 2.05) is 20.8 Å². The summed E-state index contributed by atoms with van der Waals surface area (Å²) < 4.78 is 9.68. The van der Waals surface area contributed by atoms with Gasteiger partial charge in [-0.2, -0.15) is 9.64 Å². The van der Waals surface area contributed by atoms with E-state index in [-0.39, 0.29) is 18.0 Å². The molecule has 0 unspecified atom stereocenters. The molecule has 10 heteroatoms. The molecule has 3 heterocycles. The van der Waals surface area contributed by atoms with Crippen LogP contribution in [-0.4, -0.2) is 34.5 Å². The van der Waals surface area contributed by atoms with Crippen LogP contribution >= 0.6 is 22.9 Å². The fourth-order valence-electron chi connectivity index (χ4n) is 2.71. The number of esters is 1. The molecule has 148 valence electrons. The molecule has 0 spiro atoms. The first-order valence-corrected chi connectivity index (χ1v) is 10.7. The Labute approximate surface area is 172 Å². The number of azo groups is 1. The minimum atomic E-state index is -0.138. The number of nitrogens with zero attached hydrogens (tertiary/aromatic N) is 6. The van der Waals surface area contributed by atoms with Gasteiger partial charge in [-0.15, -0.1) is 10.2 Å². The summed E-state index contributed by atoms with van der Waals surface area (Å²) >= 11 is 2.64. The molecular weight excluding hydrogens is 396 g/mol. The van der Waals surface area contributed by atoms with E-state index in [0.717, 1.165) is 41.8 Å². The predicted octanol–water partition coefficient (Wildman–Crippen LogP) is 4.67. The van der Waals surface area contributed by atoms with Crippen molar-refractivity contribution in [2.24, 2.45) is 16.1 Å². The highest BCUT2D eigenvalue weighted by molar-refractivity contribution is 7.19. The number of ether oxygens (including phenoxy) is 1. The second-order valence-electron chi connectivity index (χ2n) is 6.92. The Kier molecular flexibility index (Phi) is 6.36. The quantitative estimate of drug-likeness (QED) is 0.516. The lowest BCUT2D eigenvalue weighted by molar-refractivity contribution is -0.153. The molecule has 0 bridgehead atoms. The Morgan fingerprint density at radius 1 is 1.25 bits per heavy atom. The zero-order chi connectivity index (χ0) is 20.3. The first-order valence-electron chi connectivity index (χ1n) is 9.10. The van der Waals surface area contributed by atoms with E-state index in [2.05, 4.69) is 30.6 Å². The van der Waals surface area contributed by atoms with Crippen molar-refractivity contribution in [3.05, 3.63) is 17.0 Å². The standard InChI is InChI=1S/C18H22N6O2S2/c1-10(2)17(25)26-13-5-7-24(8-6-13)18-20-12(4)15(27-18)21-22-16-14(9-19)11(3)23-28-16/h10,13H,5-8H2,1-4H3/b22-21+. The Bertz CT molecular complexity index is 919. The van der Waals surface area contributed by atoms with E-state index in [1.165, 1.54) is 22.9 Å². The number of carbonyl (C=O) groups is 1. The van der Waals surface area contributed by atoms with E-state index in [0.29, 0.717) is 16.3 Å². The zero-order valence-corrected chi connectivity index (χ0v) is 17.9. The van der Waals surface area contributed by atoms with Crippen molar-refractivity contribution >= 4 is 44.0 Å². The third-order valence-electron chi connectivity index (χ3n) is 4.42. The summed E-state index contributed by atoms with van der Waals surface area (Å²) in [4.78, 5) is 18.6. The number of thiazole rings is 1. The summed E-state index contributed by atoms with van der Waals surface area (Å²) in [6, 6.07) is 2.11. The highest BCUT2D eigenvalue weighted by atomic mass is 32.1. The Morgan fingerprint density at radius 3 is 2.57 bits per heavy atom. The number of rotatable bonds is 5. The molecule has 0 aromatic carbocycles. The molecule has 28 heavy (non-hydrogen) atoms. The van der Waals surface area contributed by atoms with Crippen LogP contribution in [0.25, 0.3) is 0 Å². The van der Waals surface area contributed by atoms with E-state index in [4.69, 9.17) is 4.74 Å². The lowest BCUT2D eigenvalue weighted by Gasteiger charge is -2.31. The van der Waals surface area contributed by atoms with Gasteiger partial charge in [-0.1, -0.05) is 25.2 Å². The van der Waals surface area contributed by atoms with Crippen LogP contribution in [0.1, 0.15) is 43.6 Å². The van der Waals surface area contributed by atoms with Crippen LogP contribution in [0, 0.1) is 31.1 Å². The average molecular weight is 419 g/mol. The third kappa shape index (κ3) is 4.54. The molecule has 2 aromatic heterocycles. The Morgan fingerprint density at radius 2 is 1.93 bits per heavy atom. The van der Waals surface area contributed by atoms with Gasteiger partial charge in [-0.3, -0.25) is 4.79 Å². The molecule has 1 aliphatic rings. The number of carbonyl (C=O) groups excluding carboxylic acids is 1. The maximum atomic E-state index is 11.8. The van der Waals surface area contributed by atoms with Crippen molar-refractivity contribution in [1.82, 2.24) is 9.36 Å². The van der Waals surface area contributed by atoms with E-state index in [1.54, 1.807) is 6.92 Å². The normalized spacial score (nSPS) is 15.4. The molecule has 0 N–H and O–H groups in total. The van der Waals surface area contributed by atoms with Crippen LogP contribution in [0.5, 0.6) is 0 Å². The first kappa shape index (κ1) is 20.4. The maximum absolute atomic E-state index is 11.8. The number of hydrogen-bond acceptors (Lipinski definition) is 10.